The summed E-state index contributed by atoms with van der Waals surface area (Å²) in [5.74, 6) is -0.844. The van der Waals surface area contributed by atoms with Crippen molar-refractivity contribution >= 4 is 34.0 Å². The summed E-state index contributed by atoms with van der Waals surface area (Å²) in [6, 6.07) is 12.9. The molecule has 3 rings (SSSR count). The first kappa shape index (κ1) is 18.7. The zero-order valence-corrected chi connectivity index (χ0v) is 15.5. The largest absolute Gasteiger partial charge is 0.326 e. The maximum absolute atomic E-state index is 12.9. The molecule has 2 aromatic carbocycles. The smallest absolute Gasteiger partial charge is 0.257 e. The number of hydrogen-bond acceptors (Lipinski definition) is 4. The predicted molar refractivity (Wildman–Crippen MR) is 105 cm³/mol. The van der Waals surface area contributed by atoms with Gasteiger partial charge in [0.25, 0.3) is 5.91 Å². The normalized spacial score (nSPS) is 10.4. The van der Waals surface area contributed by atoms with Crippen molar-refractivity contribution < 1.29 is 14.0 Å². The number of aryl methyl sites for hydroxylation is 2. The van der Waals surface area contributed by atoms with Gasteiger partial charge >= 0.3 is 0 Å². The SMILES string of the molecule is Cc1ccc(NC(=O)CCc2csc(NC(=O)c3ccc(F)cc3)n2)cc1. The quantitative estimate of drug-likeness (QED) is 0.662. The number of halogens is 1. The number of rotatable bonds is 6. The van der Waals surface area contributed by atoms with E-state index >= 15 is 0 Å². The standard InChI is InChI=1S/C20H18FN3O2S/c1-13-2-8-16(9-3-13)22-18(25)11-10-17-12-27-20(23-17)24-19(26)14-4-6-15(21)7-5-14/h2-9,12H,10-11H2,1H3,(H,22,25)(H,23,24,26). The molecule has 27 heavy (non-hydrogen) atoms. The molecular formula is C20H18FN3O2S. The minimum atomic E-state index is -0.396. The van der Waals surface area contributed by atoms with Crippen molar-refractivity contribution in [2.24, 2.45) is 0 Å². The monoisotopic (exact) mass is 383 g/mol. The van der Waals surface area contributed by atoms with E-state index in [2.05, 4.69) is 15.6 Å². The summed E-state index contributed by atoms with van der Waals surface area (Å²) < 4.78 is 12.9. The third-order valence-corrected chi connectivity index (χ3v) is 4.63. The second-order valence-electron chi connectivity index (χ2n) is 6.02. The van der Waals surface area contributed by atoms with E-state index in [0.717, 1.165) is 16.9 Å². The maximum atomic E-state index is 12.9. The molecule has 0 spiro atoms. The molecule has 1 aromatic heterocycles. The van der Waals surface area contributed by atoms with Crippen molar-refractivity contribution in [3.63, 3.8) is 0 Å². The molecule has 0 aliphatic heterocycles. The summed E-state index contributed by atoms with van der Waals surface area (Å²) in [7, 11) is 0. The predicted octanol–water partition coefficient (Wildman–Crippen LogP) is 4.41. The number of benzene rings is 2. The zero-order valence-electron chi connectivity index (χ0n) is 14.7. The van der Waals surface area contributed by atoms with Crippen LogP contribution in [-0.4, -0.2) is 16.8 Å². The Morgan fingerprint density at radius 1 is 1.04 bits per heavy atom. The van der Waals surface area contributed by atoms with Gasteiger partial charge in [0.2, 0.25) is 5.91 Å². The van der Waals surface area contributed by atoms with Crippen molar-refractivity contribution in [1.82, 2.24) is 4.98 Å². The fraction of sp³-hybridized carbons (Fsp3) is 0.150. The lowest BCUT2D eigenvalue weighted by Gasteiger charge is -2.04. The lowest BCUT2D eigenvalue weighted by atomic mass is 10.2. The third-order valence-electron chi connectivity index (χ3n) is 3.82. The summed E-state index contributed by atoms with van der Waals surface area (Å²) >= 11 is 1.28. The van der Waals surface area contributed by atoms with E-state index in [9.17, 15) is 14.0 Å². The van der Waals surface area contributed by atoms with Gasteiger partial charge in [0.1, 0.15) is 5.82 Å². The maximum Gasteiger partial charge on any atom is 0.257 e. The van der Waals surface area contributed by atoms with Crippen LogP contribution >= 0.6 is 11.3 Å². The van der Waals surface area contributed by atoms with Crippen LogP contribution in [0, 0.1) is 12.7 Å². The van der Waals surface area contributed by atoms with Gasteiger partial charge in [-0.2, -0.15) is 0 Å². The molecule has 138 valence electrons. The van der Waals surface area contributed by atoms with Gasteiger partial charge in [0.15, 0.2) is 5.13 Å². The molecule has 1 heterocycles. The fourth-order valence-corrected chi connectivity index (χ4v) is 3.09. The molecule has 7 heteroatoms. The van der Waals surface area contributed by atoms with E-state index in [-0.39, 0.29) is 11.8 Å². The van der Waals surface area contributed by atoms with Crippen molar-refractivity contribution in [3.8, 4) is 0 Å². The van der Waals surface area contributed by atoms with Crippen LogP contribution in [0.25, 0.3) is 0 Å². The van der Waals surface area contributed by atoms with Crippen molar-refractivity contribution in [2.45, 2.75) is 19.8 Å². The molecule has 0 saturated carbocycles. The highest BCUT2D eigenvalue weighted by Crippen LogP contribution is 2.18. The van der Waals surface area contributed by atoms with Crippen molar-refractivity contribution in [3.05, 3.63) is 76.5 Å². The number of aromatic nitrogens is 1. The van der Waals surface area contributed by atoms with Crippen LogP contribution in [0.2, 0.25) is 0 Å². The molecule has 0 aliphatic carbocycles. The first-order valence-electron chi connectivity index (χ1n) is 8.37. The van der Waals surface area contributed by atoms with Gasteiger partial charge in [-0.1, -0.05) is 17.7 Å². The molecule has 2 amide bonds. The zero-order chi connectivity index (χ0) is 19.2. The summed E-state index contributed by atoms with van der Waals surface area (Å²) in [4.78, 5) is 28.4. The third kappa shape index (κ3) is 5.46. The van der Waals surface area contributed by atoms with Crippen LogP contribution in [-0.2, 0) is 11.2 Å². The van der Waals surface area contributed by atoms with Crippen LogP contribution in [0.4, 0.5) is 15.2 Å². The van der Waals surface area contributed by atoms with E-state index in [1.165, 1.54) is 35.6 Å². The number of hydrogen-bond donors (Lipinski definition) is 2. The Bertz CT molecular complexity index is 937. The van der Waals surface area contributed by atoms with E-state index < -0.39 is 5.82 Å². The van der Waals surface area contributed by atoms with E-state index in [1.807, 2.05) is 31.2 Å². The van der Waals surface area contributed by atoms with Crippen molar-refractivity contribution in [1.29, 1.82) is 0 Å². The number of carbonyl (C=O) groups excluding carboxylic acids is 2. The number of amides is 2. The number of thiazole rings is 1. The first-order valence-corrected chi connectivity index (χ1v) is 9.25. The molecule has 0 bridgehead atoms. The van der Waals surface area contributed by atoms with Gasteiger partial charge in [-0.15, -0.1) is 11.3 Å². The summed E-state index contributed by atoms with van der Waals surface area (Å²) in [6.07, 6.45) is 0.767. The molecule has 3 aromatic rings. The van der Waals surface area contributed by atoms with Gasteiger partial charge in [0, 0.05) is 23.1 Å². The average Bonchev–Trinajstić information content (AvgIpc) is 3.10. The second kappa shape index (κ2) is 8.55. The molecule has 0 fully saturated rings. The van der Waals surface area contributed by atoms with Gasteiger partial charge < -0.3 is 5.32 Å². The summed E-state index contributed by atoms with van der Waals surface area (Å²) in [5.41, 5.74) is 2.97. The highest BCUT2D eigenvalue weighted by atomic mass is 32.1. The highest BCUT2D eigenvalue weighted by molar-refractivity contribution is 7.14. The number of nitrogens with zero attached hydrogens (tertiary/aromatic N) is 1. The Labute approximate surface area is 160 Å². The molecule has 0 radical (unpaired) electrons. The van der Waals surface area contributed by atoms with Crippen LogP contribution in [0.1, 0.15) is 28.0 Å². The van der Waals surface area contributed by atoms with Crippen LogP contribution in [0.3, 0.4) is 0 Å². The molecule has 0 atom stereocenters. The Balaban J connectivity index is 1.50. The molecule has 0 unspecified atom stereocenters. The summed E-state index contributed by atoms with van der Waals surface area (Å²) in [5, 5.41) is 7.76. The number of carbonyl (C=O) groups is 2. The highest BCUT2D eigenvalue weighted by Gasteiger charge is 2.10. The topological polar surface area (TPSA) is 71.1 Å². The first-order chi connectivity index (χ1) is 13.0. The number of anilines is 2. The Hall–Kier alpha value is -3.06. The van der Waals surface area contributed by atoms with E-state index in [0.29, 0.717) is 23.5 Å². The van der Waals surface area contributed by atoms with Crippen LogP contribution in [0.5, 0.6) is 0 Å². The van der Waals surface area contributed by atoms with Gasteiger partial charge in [-0.3, -0.25) is 14.9 Å². The molecule has 0 saturated heterocycles. The minimum Gasteiger partial charge on any atom is -0.326 e. The van der Waals surface area contributed by atoms with Gasteiger partial charge in [-0.05, 0) is 49.7 Å². The van der Waals surface area contributed by atoms with Crippen LogP contribution in [0.15, 0.2) is 53.9 Å². The van der Waals surface area contributed by atoms with Crippen LogP contribution < -0.4 is 10.6 Å². The lowest BCUT2D eigenvalue weighted by Crippen LogP contribution is -2.13. The van der Waals surface area contributed by atoms with Gasteiger partial charge in [-0.25, -0.2) is 9.37 Å². The Morgan fingerprint density at radius 3 is 2.44 bits per heavy atom. The average molecular weight is 383 g/mol. The van der Waals surface area contributed by atoms with Crippen molar-refractivity contribution in [2.75, 3.05) is 10.6 Å². The minimum absolute atomic E-state index is 0.0937. The Morgan fingerprint density at radius 2 is 1.74 bits per heavy atom. The second-order valence-corrected chi connectivity index (χ2v) is 6.88. The molecule has 2 N–H and O–H groups in total. The molecular weight excluding hydrogens is 365 g/mol. The molecule has 5 nitrogen and oxygen atoms in total. The number of nitrogens with one attached hydrogen (secondary N) is 2. The fourth-order valence-electron chi connectivity index (χ4n) is 2.35. The molecule has 0 aliphatic rings. The lowest BCUT2D eigenvalue weighted by molar-refractivity contribution is -0.116. The van der Waals surface area contributed by atoms with Gasteiger partial charge in [0.05, 0.1) is 5.69 Å². The summed E-state index contributed by atoms with van der Waals surface area (Å²) in [6.45, 7) is 1.99. The van der Waals surface area contributed by atoms with E-state index in [1.54, 1.807) is 5.38 Å². The Kier molecular flexibility index (Phi) is 5.93. The van der Waals surface area contributed by atoms with E-state index in [4.69, 9.17) is 0 Å².